The SMILES string of the molecule is [3H]CC1(CO)CCN(C(=O)CCCCCCS(=O)(=O)c2ccc(N=Nc3ccc(N(C)C)cc3)cc2)CC1. The number of nitrogens with zero attached hydrogens (tertiary/aromatic N) is 4. The van der Waals surface area contributed by atoms with E-state index in [2.05, 4.69) is 10.2 Å². The summed E-state index contributed by atoms with van der Waals surface area (Å²) in [5.74, 6) is 0.180. The molecule has 2 aromatic carbocycles. The zero-order valence-corrected chi connectivity index (χ0v) is 22.8. The first kappa shape index (κ1) is 27.3. The standard InChI is InChI=1S/C28H40N4O4S/c1-28(22-33)17-19-32(20-18-28)27(34)8-6-4-5-7-21-37(35,36)26-15-11-24(12-16-26)30-29-23-9-13-25(14-10-23)31(2)3/h9-16,33H,4-8,17-22H2,1-3H3/i1T. The summed E-state index contributed by atoms with van der Waals surface area (Å²) in [6, 6.07) is 14.1. The molecule has 0 bridgehead atoms. The van der Waals surface area contributed by atoms with Crippen molar-refractivity contribution in [2.24, 2.45) is 15.6 Å². The molecule has 1 fully saturated rings. The van der Waals surface area contributed by atoms with Gasteiger partial charge < -0.3 is 14.9 Å². The van der Waals surface area contributed by atoms with Crippen LogP contribution in [0.3, 0.4) is 0 Å². The Bertz CT molecular complexity index is 1150. The van der Waals surface area contributed by atoms with E-state index in [9.17, 15) is 18.3 Å². The summed E-state index contributed by atoms with van der Waals surface area (Å²) in [7, 11) is 0.557. The summed E-state index contributed by atoms with van der Waals surface area (Å²) in [6.07, 6.45) is 4.63. The van der Waals surface area contributed by atoms with Gasteiger partial charge in [0.1, 0.15) is 0 Å². The number of hydrogen-bond donors (Lipinski definition) is 1. The molecule has 1 saturated heterocycles. The second-order valence-corrected chi connectivity index (χ2v) is 12.2. The summed E-state index contributed by atoms with van der Waals surface area (Å²) in [4.78, 5) is 16.6. The van der Waals surface area contributed by atoms with Crippen molar-refractivity contribution in [3.63, 3.8) is 0 Å². The van der Waals surface area contributed by atoms with Gasteiger partial charge in [-0.3, -0.25) is 4.79 Å². The molecule has 0 aromatic heterocycles. The van der Waals surface area contributed by atoms with Crippen molar-refractivity contribution >= 4 is 32.8 Å². The Morgan fingerprint density at radius 2 is 1.54 bits per heavy atom. The molecule has 0 spiro atoms. The molecule has 1 N–H and O–H groups in total. The number of carbonyl (C=O) groups is 1. The minimum atomic E-state index is -3.38. The molecular weight excluding hydrogens is 488 g/mol. The van der Waals surface area contributed by atoms with E-state index in [1.807, 2.05) is 48.2 Å². The van der Waals surface area contributed by atoms with Gasteiger partial charge >= 0.3 is 0 Å². The molecule has 8 nitrogen and oxygen atoms in total. The molecule has 1 aliphatic rings. The van der Waals surface area contributed by atoms with Crippen LogP contribution in [0.15, 0.2) is 63.7 Å². The van der Waals surface area contributed by atoms with E-state index >= 15 is 0 Å². The number of hydrogen-bond acceptors (Lipinski definition) is 7. The molecule has 0 saturated carbocycles. The van der Waals surface area contributed by atoms with Crippen LogP contribution in [0, 0.1) is 5.41 Å². The quantitative estimate of drug-likeness (QED) is 0.288. The largest absolute Gasteiger partial charge is 0.396 e. The second kappa shape index (κ2) is 13.1. The number of unbranched alkanes of at least 4 members (excludes halogenated alkanes) is 3. The Balaban J connectivity index is 1.37. The summed E-state index contributed by atoms with van der Waals surface area (Å²) in [5, 5.41) is 18.0. The average molecular weight is 531 g/mol. The zero-order valence-electron chi connectivity index (χ0n) is 23.0. The highest BCUT2D eigenvalue weighted by molar-refractivity contribution is 7.91. The van der Waals surface area contributed by atoms with E-state index in [4.69, 9.17) is 1.37 Å². The van der Waals surface area contributed by atoms with Gasteiger partial charge in [0, 0.05) is 47.3 Å². The predicted molar refractivity (Wildman–Crippen MR) is 148 cm³/mol. The van der Waals surface area contributed by atoms with Crippen molar-refractivity contribution in [1.82, 2.24) is 4.90 Å². The number of piperidine rings is 1. The lowest BCUT2D eigenvalue weighted by molar-refractivity contribution is -0.134. The van der Waals surface area contributed by atoms with Crippen LogP contribution in [0.25, 0.3) is 0 Å². The lowest BCUT2D eigenvalue weighted by atomic mass is 9.81. The minimum absolute atomic E-state index is 0.00311. The smallest absolute Gasteiger partial charge is 0.222 e. The molecule has 1 amide bonds. The van der Waals surface area contributed by atoms with Crippen LogP contribution in [0.1, 0.15) is 53.2 Å². The first-order valence-electron chi connectivity index (χ1n) is 13.6. The molecule has 0 unspecified atom stereocenters. The molecule has 0 radical (unpaired) electrons. The first-order chi connectivity index (χ1) is 18.2. The third-order valence-corrected chi connectivity index (χ3v) is 8.73. The Morgan fingerprint density at radius 3 is 2.08 bits per heavy atom. The van der Waals surface area contributed by atoms with Crippen LogP contribution >= 0.6 is 0 Å². The van der Waals surface area contributed by atoms with Crippen molar-refractivity contribution < 1.29 is 19.7 Å². The van der Waals surface area contributed by atoms with Crippen LogP contribution in [-0.4, -0.2) is 63.9 Å². The lowest BCUT2D eigenvalue weighted by Gasteiger charge is -2.38. The Morgan fingerprint density at radius 1 is 0.973 bits per heavy atom. The van der Waals surface area contributed by atoms with Crippen molar-refractivity contribution in [1.29, 1.82) is 0 Å². The zero-order chi connectivity index (χ0) is 27.6. The number of azo groups is 1. The molecule has 202 valence electrons. The van der Waals surface area contributed by atoms with E-state index in [1.165, 1.54) is 0 Å². The monoisotopic (exact) mass is 530 g/mol. The van der Waals surface area contributed by atoms with Crippen molar-refractivity contribution in [3.05, 3.63) is 48.5 Å². The van der Waals surface area contributed by atoms with Crippen molar-refractivity contribution in [2.45, 2.75) is 56.7 Å². The molecule has 0 aliphatic carbocycles. The average Bonchev–Trinajstić information content (AvgIpc) is 2.94. The van der Waals surface area contributed by atoms with Gasteiger partial charge in [-0.2, -0.15) is 10.2 Å². The molecule has 0 atom stereocenters. The van der Waals surface area contributed by atoms with E-state index in [1.54, 1.807) is 24.3 Å². The third kappa shape index (κ3) is 8.64. The maximum absolute atomic E-state index is 12.7. The normalized spacial score (nSPS) is 16.1. The van der Waals surface area contributed by atoms with E-state index in [0.717, 1.165) is 30.6 Å². The van der Waals surface area contributed by atoms with Gasteiger partial charge in [-0.15, -0.1) is 0 Å². The first-order valence-corrected chi connectivity index (χ1v) is 14.5. The second-order valence-electron chi connectivity index (χ2n) is 10.1. The van der Waals surface area contributed by atoms with E-state index in [-0.39, 0.29) is 35.5 Å². The van der Waals surface area contributed by atoms with Gasteiger partial charge in [-0.05, 0) is 79.6 Å². The highest BCUT2D eigenvalue weighted by atomic mass is 32.2. The number of sulfone groups is 1. The summed E-state index contributed by atoms with van der Waals surface area (Å²) < 4.78 is 33.1. The maximum atomic E-state index is 12.7. The van der Waals surface area contributed by atoms with Gasteiger partial charge in [0.15, 0.2) is 9.84 Å². The number of aliphatic hydroxyl groups is 1. The molecule has 3 rings (SSSR count). The number of anilines is 1. The van der Waals surface area contributed by atoms with Gasteiger partial charge in [0.05, 0.1) is 22.0 Å². The van der Waals surface area contributed by atoms with Gasteiger partial charge in [0.25, 0.3) is 0 Å². The van der Waals surface area contributed by atoms with Gasteiger partial charge in [-0.1, -0.05) is 19.7 Å². The summed E-state index contributed by atoms with van der Waals surface area (Å²) >= 11 is 0. The fourth-order valence-electron chi connectivity index (χ4n) is 4.24. The van der Waals surface area contributed by atoms with Gasteiger partial charge in [0.2, 0.25) is 5.91 Å². The van der Waals surface area contributed by atoms with Crippen LogP contribution in [0.2, 0.25) is 0 Å². The molecule has 9 heteroatoms. The summed E-state index contributed by atoms with van der Waals surface area (Å²) in [5.41, 5.74) is 2.02. The lowest BCUT2D eigenvalue weighted by Crippen LogP contribution is -2.43. The molecule has 1 aliphatic heterocycles. The van der Waals surface area contributed by atoms with E-state index < -0.39 is 9.84 Å². The topological polar surface area (TPSA) is 103 Å². The fraction of sp³-hybridized carbons (Fsp3) is 0.536. The number of rotatable bonds is 12. The van der Waals surface area contributed by atoms with Crippen molar-refractivity contribution in [2.75, 3.05) is 44.4 Å². The Hall–Kier alpha value is -2.78. The molecular formula is C28H40N4O4S. The third-order valence-electron chi connectivity index (χ3n) is 6.91. The number of benzene rings is 2. The molecule has 37 heavy (non-hydrogen) atoms. The Kier molecular flexibility index (Phi) is 9.68. The predicted octanol–water partition coefficient (Wildman–Crippen LogP) is 5.51. The fourth-order valence-corrected chi connectivity index (χ4v) is 5.61. The number of carbonyl (C=O) groups excluding carboxylic acids is 1. The van der Waals surface area contributed by atoms with Crippen LogP contribution in [0.4, 0.5) is 17.1 Å². The minimum Gasteiger partial charge on any atom is -0.396 e. The highest BCUT2D eigenvalue weighted by Gasteiger charge is 2.30. The van der Waals surface area contributed by atoms with Crippen molar-refractivity contribution in [3.8, 4) is 0 Å². The van der Waals surface area contributed by atoms with Gasteiger partial charge in [-0.25, -0.2) is 8.42 Å². The van der Waals surface area contributed by atoms with Crippen LogP contribution in [0.5, 0.6) is 0 Å². The molecule has 2 aromatic rings. The maximum Gasteiger partial charge on any atom is 0.222 e. The van der Waals surface area contributed by atoms with Crippen LogP contribution in [-0.2, 0) is 14.6 Å². The molecule has 1 heterocycles. The number of likely N-dealkylation sites (tertiary alicyclic amines) is 1. The summed E-state index contributed by atoms with van der Waals surface area (Å²) in [6.45, 7) is 1.39. The Labute approximate surface area is 222 Å². The van der Waals surface area contributed by atoms with Crippen LogP contribution < -0.4 is 4.90 Å². The highest BCUT2D eigenvalue weighted by Crippen LogP contribution is 2.30. The number of aliphatic hydroxyl groups excluding tert-OH is 1. The van der Waals surface area contributed by atoms with E-state index in [0.29, 0.717) is 44.5 Å². The number of amides is 1.